The summed E-state index contributed by atoms with van der Waals surface area (Å²) >= 11 is 8.61. The van der Waals surface area contributed by atoms with Gasteiger partial charge in [-0.05, 0) is 40.8 Å². The van der Waals surface area contributed by atoms with Crippen molar-refractivity contribution in [3.63, 3.8) is 0 Å². The summed E-state index contributed by atoms with van der Waals surface area (Å²) in [5.74, 6) is 0. The Labute approximate surface area is 133 Å². The van der Waals surface area contributed by atoms with Crippen LogP contribution in [-0.4, -0.2) is 24.2 Å². The Morgan fingerprint density at radius 2 is 2.16 bits per heavy atom. The summed E-state index contributed by atoms with van der Waals surface area (Å²) in [6.45, 7) is 8.30. The van der Waals surface area contributed by atoms with Gasteiger partial charge in [0.15, 0.2) is 0 Å². The normalized spacial score (nSPS) is 12.3. The number of ether oxygens (including phenoxy) is 1. The van der Waals surface area contributed by atoms with E-state index in [1.807, 2.05) is 16.7 Å². The molecule has 2 aromatic heterocycles. The molecule has 0 saturated heterocycles. The number of nitrogens with zero attached hydrogens (tertiary/aromatic N) is 2. The largest absolute Gasteiger partial charge is 0.361 e. The zero-order valence-electron chi connectivity index (χ0n) is 11.4. The highest BCUT2D eigenvalue weighted by Crippen LogP contribution is 2.29. The second-order valence-electron chi connectivity index (χ2n) is 5.76. The van der Waals surface area contributed by atoms with Gasteiger partial charge in [0.2, 0.25) is 0 Å². The minimum Gasteiger partial charge on any atom is -0.361 e. The zero-order valence-corrected chi connectivity index (χ0v) is 15.3. The first-order valence-electron chi connectivity index (χ1n) is 6.26. The number of aromatic nitrogens is 2. The molecule has 0 aliphatic rings. The van der Waals surface area contributed by atoms with Gasteiger partial charge in [-0.1, -0.05) is 31.2 Å². The van der Waals surface area contributed by atoms with E-state index in [4.69, 9.17) is 16.3 Å². The van der Waals surface area contributed by atoms with Crippen LogP contribution in [0.25, 0.3) is 11.0 Å². The van der Waals surface area contributed by atoms with E-state index in [1.54, 1.807) is 6.20 Å². The summed E-state index contributed by atoms with van der Waals surface area (Å²) in [5, 5.41) is 1.80. The molecular formula is C13H18ClIN2OSi. The van der Waals surface area contributed by atoms with Crippen molar-refractivity contribution in [3.05, 3.63) is 27.1 Å². The fourth-order valence-electron chi connectivity index (χ4n) is 1.76. The fraction of sp³-hybridized carbons (Fsp3) is 0.462. The van der Waals surface area contributed by atoms with Gasteiger partial charge >= 0.3 is 0 Å². The number of fused-ring (bicyclic) bond motifs is 1. The van der Waals surface area contributed by atoms with Gasteiger partial charge in [-0.15, -0.1) is 0 Å². The number of halogens is 2. The molecule has 0 fully saturated rings. The zero-order chi connectivity index (χ0) is 14.0. The maximum atomic E-state index is 6.35. The monoisotopic (exact) mass is 408 g/mol. The predicted molar refractivity (Wildman–Crippen MR) is 91.6 cm³/mol. The summed E-state index contributed by atoms with van der Waals surface area (Å²) in [6, 6.07) is 5.13. The molecule has 0 spiro atoms. The van der Waals surface area contributed by atoms with Crippen LogP contribution in [-0.2, 0) is 11.5 Å². The molecule has 0 saturated carbocycles. The molecule has 0 unspecified atom stereocenters. The lowest BCUT2D eigenvalue weighted by molar-refractivity contribution is 0.0900. The lowest BCUT2D eigenvalue weighted by Gasteiger charge is -2.15. The van der Waals surface area contributed by atoms with E-state index < -0.39 is 8.07 Å². The minimum atomic E-state index is -1.04. The molecule has 0 aliphatic carbocycles. The van der Waals surface area contributed by atoms with E-state index in [0.717, 1.165) is 27.3 Å². The molecule has 6 heteroatoms. The first-order valence-corrected chi connectivity index (χ1v) is 11.4. The predicted octanol–water partition coefficient (Wildman–Crippen LogP) is 4.61. The molecule has 3 nitrogen and oxygen atoms in total. The molecule has 2 aromatic rings. The van der Waals surface area contributed by atoms with Gasteiger partial charge in [0.05, 0.1) is 3.57 Å². The van der Waals surface area contributed by atoms with Crippen molar-refractivity contribution in [1.29, 1.82) is 0 Å². The molecule has 19 heavy (non-hydrogen) atoms. The molecule has 0 atom stereocenters. The SMILES string of the molecule is C[Si](C)(C)CCOCn1c(Cl)c(I)c2cccnc21. The van der Waals surface area contributed by atoms with Gasteiger partial charge in [-0.2, -0.15) is 0 Å². The van der Waals surface area contributed by atoms with Crippen molar-refractivity contribution in [1.82, 2.24) is 9.55 Å². The van der Waals surface area contributed by atoms with E-state index in [0.29, 0.717) is 11.9 Å². The number of rotatable bonds is 5. The van der Waals surface area contributed by atoms with Gasteiger partial charge in [0, 0.05) is 26.3 Å². The summed E-state index contributed by atoms with van der Waals surface area (Å²) in [7, 11) is -1.04. The van der Waals surface area contributed by atoms with Gasteiger partial charge in [0.1, 0.15) is 17.5 Å². The molecular weight excluding hydrogens is 391 g/mol. The van der Waals surface area contributed by atoms with Crippen LogP contribution in [0.1, 0.15) is 0 Å². The molecule has 2 heterocycles. The van der Waals surface area contributed by atoms with Crippen LogP contribution in [0.3, 0.4) is 0 Å². The van der Waals surface area contributed by atoms with E-state index in [2.05, 4.69) is 47.2 Å². The standard InChI is InChI=1S/C13H18ClIN2OSi/c1-19(2,3)8-7-18-9-17-12(14)11(15)10-5-4-6-16-13(10)17/h4-6H,7-9H2,1-3H3. The third kappa shape index (κ3) is 3.71. The Balaban J connectivity index is 2.11. The van der Waals surface area contributed by atoms with E-state index in [-0.39, 0.29) is 0 Å². The quantitative estimate of drug-likeness (QED) is 0.410. The van der Waals surface area contributed by atoms with Crippen molar-refractivity contribution in [2.45, 2.75) is 32.4 Å². The molecule has 104 valence electrons. The van der Waals surface area contributed by atoms with Gasteiger partial charge in [-0.25, -0.2) is 4.98 Å². The number of hydrogen-bond donors (Lipinski definition) is 0. The first kappa shape index (κ1) is 15.3. The summed E-state index contributed by atoms with van der Waals surface area (Å²) in [6.07, 6.45) is 1.79. The maximum absolute atomic E-state index is 6.35. The van der Waals surface area contributed by atoms with Crippen LogP contribution in [0.2, 0.25) is 30.8 Å². The Morgan fingerprint density at radius 3 is 2.84 bits per heavy atom. The van der Waals surface area contributed by atoms with Crippen molar-refractivity contribution in [2.75, 3.05) is 6.61 Å². The van der Waals surface area contributed by atoms with Crippen molar-refractivity contribution >= 4 is 53.3 Å². The summed E-state index contributed by atoms with van der Waals surface area (Å²) in [4.78, 5) is 4.39. The Bertz CT molecular complexity index is 580. The number of pyridine rings is 1. The molecule has 0 aliphatic heterocycles. The van der Waals surface area contributed by atoms with Gasteiger partial charge in [-0.3, -0.25) is 4.57 Å². The molecule has 0 radical (unpaired) electrons. The maximum Gasteiger partial charge on any atom is 0.144 e. The second kappa shape index (κ2) is 6.11. The summed E-state index contributed by atoms with van der Waals surface area (Å²) in [5.41, 5.74) is 0.893. The smallest absolute Gasteiger partial charge is 0.144 e. The van der Waals surface area contributed by atoms with Crippen molar-refractivity contribution in [3.8, 4) is 0 Å². The van der Waals surface area contributed by atoms with E-state index in [9.17, 15) is 0 Å². The highest BCUT2D eigenvalue weighted by atomic mass is 127. The molecule has 0 bridgehead atoms. The first-order chi connectivity index (χ1) is 8.90. The average molecular weight is 409 g/mol. The van der Waals surface area contributed by atoms with Crippen LogP contribution >= 0.6 is 34.2 Å². The average Bonchev–Trinajstić information content (AvgIpc) is 2.58. The van der Waals surface area contributed by atoms with Crippen LogP contribution in [0.5, 0.6) is 0 Å². The van der Waals surface area contributed by atoms with Gasteiger partial charge < -0.3 is 4.74 Å². The van der Waals surface area contributed by atoms with Crippen molar-refractivity contribution < 1.29 is 4.74 Å². The van der Waals surface area contributed by atoms with E-state index in [1.165, 1.54) is 0 Å². The third-order valence-electron chi connectivity index (χ3n) is 2.91. The lowest BCUT2D eigenvalue weighted by atomic mass is 10.3. The van der Waals surface area contributed by atoms with Gasteiger partial charge in [0.25, 0.3) is 0 Å². The topological polar surface area (TPSA) is 27.1 Å². The van der Waals surface area contributed by atoms with Crippen LogP contribution in [0, 0.1) is 3.57 Å². The molecule has 0 N–H and O–H groups in total. The molecule has 2 rings (SSSR count). The van der Waals surface area contributed by atoms with E-state index >= 15 is 0 Å². The minimum absolute atomic E-state index is 0.472. The lowest BCUT2D eigenvalue weighted by Crippen LogP contribution is -2.22. The Kier molecular flexibility index (Phi) is 4.92. The van der Waals surface area contributed by atoms with Crippen LogP contribution in [0.4, 0.5) is 0 Å². The third-order valence-corrected chi connectivity index (χ3v) is 6.42. The molecule has 0 amide bonds. The number of hydrogen-bond acceptors (Lipinski definition) is 2. The highest BCUT2D eigenvalue weighted by molar-refractivity contribution is 14.1. The summed E-state index contributed by atoms with van der Waals surface area (Å²) < 4.78 is 8.74. The Hall–Kier alpha value is -0.113. The van der Waals surface area contributed by atoms with Crippen LogP contribution < -0.4 is 0 Å². The Morgan fingerprint density at radius 1 is 1.42 bits per heavy atom. The highest BCUT2D eigenvalue weighted by Gasteiger charge is 2.15. The van der Waals surface area contributed by atoms with Crippen LogP contribution in [0.15, 0.2) is 18.3 Å². The molecule has 0 aromatic carbocycles. The second-order valence-corrected chi connectivity index (χ2v) is 12.8. The van der Waals surface area contributed by atoms with Crippen molar-refractivity contribution in [2.24, 2.45) is 0 Å². The fourth-order valence-corrected chi connectivity index (χ4v) is 3.46.